The third-order valence-corrected chi connectivity index (χ3v) is 0.607. The van der Waals surface area contributed by atoms with Crippen LogP contribution in [0.2, 0.25) is 0 Å². The summed E-state index contributed by atoms with van der Waals surface area (Å²) >= 11 is -2.50. The van der Waals surface area contributed by atoms with E-state index in [9.17, 15) is 6.51 Å². The standard InChI is InChI=1S/C6H5.2FH.Ir/c1-2-4-6-5-3-1;;;/h1-5H;2*1H;/q-1;;;+3/p-2. The Balaban J connectivity index is 0.000000187. The van der Waals surface area contributed by atoms with Crippen molar-refractivity contribution < 1.29 is 25.2 Å². The molecular weight excluding hydrogens is 302 g/mol. The van der Waals surface area contributed by atoms with Crippen molar-refractivity contribution in [3.05, 3.63) is 36.4 Å². The molecule has 0 atom stereocenters. The van der Waals surface area contributed by atoms with Crippen LogP contribution in [-0.4, -0.2) is 0 Å². The molecule has 0 nitrogen and oxygen atoms in total. The van der Waals surface area contributed by atoms with E-state index in [0.29, 0.717) is 0 Å². The van der Waals surface area contributed by atoms with E-state index >= 15 is 0 Å². The Morgan fingerprint density at radius 2 is 1.44 bits per heavy atom. The molecule has 0 aromatic heterocycles. The first kappa shape index (κ1) is 8.73. The molecule has 0 aliphatic rings. The van der Waals surface area contributed by atoms with Crippen LogP contribution in [0.1, 0.15) is 0 Å². The van der Waals surface area contributed by atoms with Crippen molar-refractivity contribution in [1.82, 2.24) is 0 Å². The molecule has 3 heteroatoms. The number of benzene rings is 1. The molecule has 0 aliphatic carbocycles. The summed E-state index contributed by atoms with van der Waals surface area (Å²) in [4.78, 5) is 0. The summed E-state index contributed by atoms with van der Waals surface area (Å²) in [5.41, 5.74) is 0. The second-order valence-corrected chi connectivity index (χ2v) is 1.47. The van der Waals surface area contributed by atoms with Crippen LogP contribution in [-0.2, 0) is 18.7 Å². The molecule has 0 saturated heterocycles. The van der Waals surface area contributed by atoms with E-state index in [0.717, 1.165) is 0 Å². The number of hydrogen-bond acceptors (Lipinski definition) is 0. The van der Waals surface area contributed by atoms with Crippen LogP contribution >= 0.6 is 0 Å². The number of halogens is 2. The minimum atomic E-state index is -2.50. The van der Waals surface area contributed by atoms with Gasteiger partial charge in [-0.2, -0.15) is 36.4 Å². The largest absolute Gasteiger partial charge is 0.184 e. The van der Waals surface area contributed by atoms with Gasteiger partial charge in [-0.1, -0.05) is 0 Å². The quantitative estimate of drug-likeness (QED) is 0.645. The summed E-state index contributed by atoms with van der Waals surface area (Å²) in [6, 6.07) is 12.5. The molecule has 1 aromatic carbocycles. The molecule has 0 spiro atoms. The van der Waals surface area contributed by atoms with E-state index in [-0.39, 0.29) is 0 Å². The van der Waals surface area contributed by atoms with Crippen molar-refractivity contribution in [2.75, 3.05) is 0 Å². The first-order valence-electron chi connectivity index (χ1n) is 2.16. The molecule has 0 fully saturated rings. The molecule has 1 rings (SSSR count). The van der Waals surface area contributed by atoms with Crippen molar-refractivity contribution in [3.63, 3.8) is 0 Å². The number of hydrogen-bond donors (Lipinski definition) is 0. The Morgan fingerprint density at radius 3 is 1.56 bits per heavy atom. The van der Waals surface area contributed by atoms with Crippen LogP contribution in [0.5, 0.6) is 0 Å². The third-order valence-electron chi connectivity index (χ3n) is 0.607. The molecule has 9 heavy (non-hydrogen) atoms. The summed E-state index contributed by atoms with van der Waals surface area (Å²) in [6.07, 6.45) is 0. The average Bonchev–Trinajstić information content (AvgIpc) is 1.93. The van der Waals surface area contributed by atoms with Crippen LogP contribution in [0.25, 0.3) is 0 Å². The zero-order valence-corrected chi connectivity index (χ0v) is 6.87. The monoisotopic (exact) mass is 308 g/mol. The maximum atomic E-state index is 9.75. The van der Waals surface area contributed by atoms with Gasteiger partial charge in [0.25, 0.3) is 0 Å². The Morgan fingerprint density at radius 1 is 1.00 bits per heavy atom. The van der Waals surface area contributed by atoms with Gasteiger partial charge < -0.3 is 0 Å². The first-order valence-corrected chi connectivity index (χ1v) is 3.97. The SMILES string of the molecule is [F][Ir+][F].[c-]1ccccc1. The Hall–Kier alpha value is -0.271. The minimum Gasteiger partial charge on any atom is -0.184 e. The van der Waals surface area contributed by atoms with Gasteiger partial charge in [0.15, 0.2) is 0 Å². The van der Waals surface area contributed by atoms with Crippen LogP contribution in [0, 0.1) is 6.07 Å². The molecule has 0 heterocycles. The van der Waals surface area contributed by atoms with Crippen LogP contribution in [0.4, 0.5) is 6.51 Å². The van der Waals surface area contributed by atoms with E-state index in [1.54, 1.807) is 0 Å². The maximum Gasteiger partial charge on any atom is -0.171 e. The van der Waals surface area contributed by atoms with Gasteiger partial charge in [0, 0.05) is 0 Å². The van der Waals surface area contributed by atoms with Crippen molar-refractivity contribution in [1.29, 1.82) is 0 Å². The van der Waals surface area contributed by atoms with E-state index in [2.05, 4.69) is 6.07 Å². The molecule has 52 valence electrons. The fourth-order valence-electron chi connectivity index (χ4n) is 0.342. The van der Waals surface area contributed by atoms with Crippen LogP contribution in [0.3, 0.4) is 0 Å². The zero-order chi connectivity index (χ0) is 6.95. The van der Waals surface area contributed by atoms with Gasteiger partial charge in [-0.05, 0) is 0 Å². The van der Waals surface area contributed by atoms with E-state index in [1.807, 2.05) is 30.3 Å². The van der Waals surface area contributed by atoms with Crippen molar-refractivity contribution >= 4 is 0 Å². The Kier molecular flexibility index (Phi) is 7.50. The molecule has 1 aromatic rings. The fraction of sp³-hybridized carbons (Fsp3) is 0. The summed E-state index contributed by atoms with van der Waals surface area (Å²) in [5.74, 6) is 0. The first-order chi connectivity index (χ1) is 4.41. The molecule has 0 amide bonds. The average molecular weight is 307 g/mol. The Labute approximate surface area is 62.1 Å². The van der Waals surface area contributed by atoms with Crippen LogP contribution in [0.15, 0.2) is 30.3 Å². The second-order valence-electron chi connectivity index (χ2n) is 1.12. The van der Waals surface area contributed by atoms with E-state index in [1.165, 1.54) is 0 Å². The van der Waals surface area contributed by atoms with Crippen molar-refractivity contribution in [2.24, 2.45) is 0 Å². The predicted octanol–water partition coefficient (Wildman–Crippen LogP) is 2.32. The van der Waals surface area contributed by atoms with Crippen LogP contribution < -0.4 is 0 Å². The van der Waals surface area contributed by atoms with Gasteiger partial charge in [-0.25, -0.2) is 0 Å². The minimum absolute atomic E-state index is 1.88. The molecule has 0 aliphatic heterocycles. The van der Waals surface area contributed by atoms with Gasteiger partial charge in [-0.15, -0.1) is 0 Å². The van der Waals surface area contributed by atoms with Crippen molar-refractivity contribution in [3.8, 4) is 0 Å². The zero-order valence-electron chi connectivity index (χ0n) is 4.48. The summed E-state index contributed by atoms with van der Waals surface area (Å²) in [7, 11) is 0. The smallest absolute Gasteiger partial charge is 0.171 e. The van der Waals surface area contributed by atoms with Gasteiger partial charge in [-0.3, -0.25) is 0 Å². The van der Waals surface area contributed by atoms with Gasteiger partial charge >= 0.3 is 25.2 Å². The number of rotatable bonds is 0. The van der Waals surface area contributed by atoms with Gasteiger partial charge in [0.2, 0.25) is 0 Å². The summed E-state index contributed by atoms with van der Waals surface area (Å²) in [6.45, 7) is 0. The summed E-state index contributed by atoms with van der Waals surface area (Å²) in [5, 5.41) is 0. The van der Waals surface area contributed by atoms with E-state index < -0.39 is 18.7 Å². The molecule has 0 bridgehead atoms. The topological polar surface area (TPSA) is 0 Å². The Bertz CT molecular complexity index is 93.9. The second kappa shape index (κ2) is 7.73. The third kappa shape index (κ3) is 7.73. The molecule has 0 unspecified atom stereocenters. The van der Waals surface area contributed by atoms with Gasteiger partial charge in [0.1, 0.15) is 0 Å². The maximum absolute atomic E-state index is 9.75. The van der Waals surface area contributed by atoms with Crippen molar-refractivity contribution in [2.45, 2.75) is 0 Å². The molecule has 0 saturated carbocycles. The molecule has 0 radical (unpaired) electrons. The molecule has 0 N–H and O–H groups in total. The van der Waals surface area contributed by atoms with E-state index in [4.69, 9.17) is 0 Å². The normalized spacial score (nSPS) is 7.78. The van der Waals surface area contributed by atoms with Gasteiger partial charge in [0.05, 0.1) is 0 Å². The summed E-state index contributed by atoms with van der Waals surface area (Å²) < 4.78 is 19.5. The molecular formula is C6H5F2Ir. The fourth-order valence-corrected chi connectivity index (χ4v) is 0.342. The predicted molar refractivity (Wildman–Crippen MR) is 27.5 cm³/mol.